The maximum Gasteiger partial charge on any atom is -0.0357 e. The summed E-state index contributed by atoms with van der Waals surface area (Å²) < 4.78 is 0. The molecular weight excluding hydrogens is 192 g/mol. The van der Waals surface area contributed by atoms with Gasteiger partial charge in [0, 0.05) is 0 Å². The van der Waals surface area contributed by atoms with Crippen molar-refractivity contribution in [2.75, 3.05) is 0 Å². The van der Waals surface area contributed by atoms with E-state index in [0.717, 1.165) is 17.8 Å². The van der Waals surface area contributed by atoms with Crippen LogP contribution >= 0.6 is 0 Å². The molecule has 1 saturated carbocycles. The normalized spacial score (nSPS) is 29.8. The Kier molecular flexibility index (Phi) is 7.16. The van der Waals surface area contributed by atoms with Gasteiger partial charge in [0.25, 0.3) is 0 Å². The Bertz CT molecular complexity index is 147. The third-order valence-electron chi connectivity index (χ3n) is 4.58. The standard InChI is InChI=1S/C16H32/c1-4-7-8-11-16-14(9-5-2)12-13-15(16)10-6-3/h14-16H,4-13H2,1-3H3. The first-order chi connectivity index (χ1) is 7.83. The maximum absolute atomic E-state index is 2.36. The second-order valence-corrected chi connectivity index (χ2v) is 5.83. The van der Waals surface area contributed by atoms with Crippen LogP contribution in [-0.2, 0) is 0 Å². The Balaban J connectivity index is 2.40. The molecule has 0 aromatic rings. The molecule has 0 saturated heterocycles. The molecule has 0 radical (unpaired) electrons. The first-order valence-electron chi connectivity index (χ1n) is 7.83. The van der Waals surface area contributed by atoms with Crippen molar-refractivity contribution in [3.05, 3.63) is 0 Å². The van der Waals surface area contributed by atoms with Crippen molar-refractivity contribution < 1.29 is 0 Å². The Morgan fingerprint density at radius 2 is 1.25 bits per heavy atom. The van der Waals surface area contributed by atoms with Gasteiger partial charge >= 0.3 is 0 Å². The van der Waals surface area contributed by atoms with Crippen LogP contribution in [0.25, 0.3) is 0 Å². The largest absolute Gasteiger partial charge is 0.0654 e. The van der Waals surface area contributed by atoms with Crippen LogP contribution in [-0.4, -0.2) is 0 Å². The van der Waals surface area contributed by atoms with E-state index in [-0.39, 0.29) is 0 Å². The van der Waals surface area contributed by atoms with Crippen LogP contribution in [0.3, 0.4) is 0 Å². The van der Waals surface area contributed by atoms with Gasteiger partial charge in [0.05, 0.1) is 0 Å². The van der Waals surface area contributed by atoms with Crippen LogP contribution in [0.2, 0.25) is 0 Å². The van der Waals surface area contributed by atoms with Gasteiger partial charge in [-0.3, -0.25) is 0 Å². The maximum atomic E-state index is 2.36. The van der Waals surface area contributed by atoms with E-state index in [1.807, 2.05) is 0 Å². The number of rotatable bonds is 8. The molecule has 0 N–H and O–H groups in total. The minimum absolute atomic E-state index is 1.08. The smallest absolute Gasteiger partial charge is 0.0357 e. The zero-order valence-corrected chi connectivity index (χ0v) is 11.8. The molecule has 0 heterocycles. The summed E-state index contributed by atoms with van der Waals surface area (Å²) in [5.74, 6) is 3.25. The highest BCUT2D eigenvalue weighted by Gasteiger charge is 2.33. The highest BCUT2D eigenvalue weighted by atomic mass is 14.4. The molecule has 2 unspecified atom stereocenters. The SMILES string of the molecule is CCCCCC1C(CCC)CCC1CCC. The molecule has 0 spiro atoms. The molecule has 0 aromatic heterocycles. The van der Waals surface area contributed by atoms with Crippen molar-refractivity contribution >= 4 is 0 Å². The van der Waals surface area contributed by atoms with Gasteiger partial charge in [-0.2, -0.15) is 0 Å². The van der Waals surface area contributed by atoms with E-state index in [9.17, 15) is 0 Å². The Labute approximate surface area is 103 Å². The number of unbranched alkanes of at least 4 members (excludes halogenated alkanes) is 2. The average Bonchev–Trinajstić information content (AvgIpc) is 2.64. The highest BCUT2D eigenvalue weighted by molar-refractivity contribution is 4.84. The van der Waals surface area contributed by atoms with E-state index in [2.05, 4.69) is 20.8 Å². The molecule has 1 aliphatic rings. The summed E-state index contributed by atoms with van der Waals surface area (Å²) in [5.41, 5.74) is 0. The zero-order valence-electron chi connectivity index (χ0n) is 11.8. The lowest BCUT2D eigenvalue weighted by Gasteiger charge is -2.24. The van der Waals surface area contributed by atoms with Gasteiger partial charge < -0.3 is 0 Å². The average molecular weight is 224 g/mol. The molecule has 0 aliphatic heterocycles. The molecule has 16 heavy (non-hydrogen) atoms. The molecule has 1 fully saturated rings. The summed E-state index contributed by atoms with van der Waals surface area (Å²) >= 11 is 0. The van der Waals surface area contributed by atoms with Crippen LogP contribution in [0.1, 0.15) is 85.0 Å². The molecule has 0 amide bonds. The van der Waals surface area contributed by atoms with Crippen LogP contribution in [0.5, 0.6) is 0 Å². The molecule has 2 atom stereocenters. The van der Waals surface area contributed by atoms with E-state index in [1.54, 1.807) is 0 Å². The van der Waals surface area contributed by atoms with Gasteiger partial charge in [-0.1, -0.05) is 65.7 Å². The molecule has 96 valence electrons. The lowest BCUT2D eigenvalue weighted by molar-refractivity contribution is 0.258. The molecule has 1 rings (SSSR count). The monoisotopic (exact) mass is 224 g/mol. The van der Waals surface area contributed by atoms with E-state index >= 15 is 0 Å². The van der Waals surface area contributed by atoms with Gasteiger partial charge in [-0.15, -0.1) is 0 Å². The fourth-order valence-electron chi connectivity index (χ4n) is 3.80. The number of hydrogen-bond acceptors (Lipinski definition) is 0. The third-order valence-corrected chi connectivity index (χ3v) is 4.58. The van der Waals surface area contributed by atoms with Crippen LogP contribution in [0.15, 0.2) is 0 Å². The Morgan fingerprint density at radius 3 is 1.69 bits per heavy atom. The van der Waals surface area contributed by atoms with Gasteiger partial charge in [-0.25, -0.2) is 0 Å². The predicted octanol–water partition coefficient (Wildman–Crippen LogP) is 5.81. The summed E-state index contributed by atoms with van der Waals surface area (Å²) in [6.07, 6.45) is 14.7. The van der Waals surface area contributed by atoms with Crippen molar-refractivity contribution in [1.29, 1.82) is 0 Å². The van der Waals surface area contributed by atoms with E-state index in [4.69, 9.17) is 0 Å². The Hall–Kier alpha value is 0. The summed E-state index contributed by atoms with van der Waals surface area (Å²) in [6, 6.07) is 0. The van der Waals surface area contributed by atoms with Gasteiger partial charge in [-0.05, 0) is 37.0 Å². The third kappa shape index (κ3) is 4.11. The summed E-state index contributed by atoms with van der Waals surface area (Å²) in [7, 11) is 0. The first-order valence-corrected chi connectivity index (χ1v) is 7.83. The zero-order chi connectivity index (χ0) is 11.8. The molecule has 1 aliphatic carbocycles. The molecular formula is C16H32. The van der Waals surface area contributed by atoms with Crippen molar-refractivity contribution in [3.63, 3.8) is 0 Å². The topological polar surface area (TPSA) is 0 Å². The lowest BCUT2D eigenvalue weighted by Crippen LogP contribution is -2.15. The fourth-order valence-corrected chi connectivity index (χ4v) is 3.80. The van der Waals surface area contributed by atoms with Crippen molar-refractivity contribution in [1.82, 2.24) is 0 Å². The van der Waals surface area contributed by atoms with E-state index in [1.165, 1.54) is 64.2 Å². The summed E-state index contributed by atoms with van der Waals surface area (Å²) in [5, 5.41) is 0. The van der Waals surface area contributed by atoms with Crippen molar-refractivity contribution in [2.24, 2.45) is 17.8 Å². The highest BCUT2D eigenvalue weighted by Crippen LogP contribution is 2.44. The second kappa shape index (κ2) is 8.14. The van der Waals surface area contributed by atoms with Gasteiger partial charge in [0.1, 0.15) is 0 Å². The van der Waals surface area contributed by atoms with Crippen molar-refractivity contribution in [3.8, 4) is 0 Å². The predicted molar refractivity (Wildman–Crippen MR) is 73.7 cm³/mol. The van der Waals surface area contributed by atoms with Crippen LogP contribution in [0, 0.1) is 17.8 Å². The molecule has 0 aromatic carbocycles. The first kappa shape index (κ1) is 14.1. The summed E-state index contributed by atoms with van der Waals surface area (Å²) in [4.78, 5) is 0. The molecule has 0 bridgehead atoms. The summed E-state index contributed by atoms with van der Waals surface area (Å²) in [6.45, 7) is 7.04. The molecule has 0 heteroatoms. The minimum atomic E-state index is 1.08. The van der Waals surface area contributed by atoms with Gasteiger partial charge in [0.15, 0.2) is 0 Å². The minimum Gasteiger partial charge on any atom is -0.0654 e. The van der Waals surface area contributed by atoms with Crippen LogP contribution in [0.4, 0.5) is 0 Å². The number of hydrogen-bond donors (Lipinski definition) is 0. The van der Waals surface area contributed by atoms with Crippen molar-refractivity contribution in [2.45, 2.75) is 85.0 Å². The quantitative estimate of drug-likeness (QED) is 0.456. The second-order valence-electron chi connectivity index (χ2n) is 5.83. The van der Waals surface area contributed by atoms with Crippen LogP contribution < -0.4 is 0 Å². The van der Waals surface area contributed by atoms with Gasteiger partial charge in [0.2, 0.25) is 0 Å². The van der Waals surface area contributed by atoms with E-state index < -0.39 is 0 Å². The molecule has 0 nitrogen and oxygen atoms in total. The Morgan fingerprint density at radius 1 is 0.688 bits per heavy atom. The van der Waals surface area contributed by atoms with E-state index in [0.29, 0.717) is 0 Å². The lowest BCUT2D eigenvalue weighted by atomic mass is 9.81. The fraction of sp³-hybridized carbons (Fsp3) is 1.00.